The Morgan fingerprint density at radius 3 is 2.43 bits per heavy atom. The summed E-state index contributed by atoms with van der Waals surface area (Å²) in [6.07, 6.45) is 3.10. The number of methoxy groups -OCH3 is 1. The van der Waals surface area contributed by atoms with Crippen molar-refractivity contribution in [3.8, 4) is 16.9 Å². The average molecular weight is 442 g/mol. The van der Waals surface area contributed by atoms with Gasteiger partial charge in [0.25, 0.3) is 0 Å². The van der Waals surface area contributed by atoms with Crippen LogP contribution in [0.15, 0.2) is 60.0 Å². The van der Waals surface area contributed by atoms with Gasteiger partial charge in [-0.15, -0.1) is 11.3 Å². The maximum atomic E-state index is 12.6. The lowest BCUT2D eigenvalue weighted by molar-refractivity contribution is -0.111. The minimum absolute atomic E-state index is 0.236. The Morgan fingerprint density at radius 1 is 1.10 bits per heavy atom. The predicted molar refractivity (Wildman–Crippen MR) is 121 cm³/mol. The highest BCUT2D eigenvalue weighted by atomic mass is 35.5. The average Bonchev–Trinajstić information content (AvgIpc) is 3.17. The lowest BCUT2D eigenvalue weighted by atomic mass is 10.0. The molecular formula is C23H20ClNO4S. The van der Waals surface area contributed by atoms with Gasteiger partial charge in [0.15, 0.2) is 0 Å². The van der Waals surface area contributed by atoms with E-state index >= 15 is 0 Å². The number of benzene rings is 2. The zero-order valence-corrected chi connectivity index (χ0v) is 18.0. The summed E-state index contributed by atoms with van der Waals surface area (Å²) in [5.41, 5.74) is 2.68. The summed E-state index contributed by atoms with van der Waals surface area (Å²) in [5.74, 6) is -0.0944. The lowest BCUT2D eigenvalue weighted by Gasteiger charge is -2.08. The molecule has 5 nitrogen and oxygen atoms in total. The summed E-state index contributed by atoms with van der Waals surface area (Å²) >= 11 is 7.23. The van der Waals surface area contributed by atoms with Crippen molar-refractivity contribution in [2.24, 2.45) is 0 Å². The van der Waals surface area contributed by atoms with E-state index in [-0.39, 0.29) is 12.5 Å². The zero-order chi connectivity index (χ0) is 21.5. The quantitative estimate of drug-likeness (QED) is 0.366. The molecule has 0 saturated heterocycles. The highest BCUT2D eigenvalue weighted by molar-refractivity contribution is 7.15. The highest BCUT2D eigenvalue weighted by Crippen LogP contribution is 2.36. The van der Waals surface area contributed by atoms with Crippen LogP contribution < -0.4 is 10.1 Å². The number of amides is 1. The number of halogens is 1. The summed E-state index contributed by atoms with van der Waals surface area (Å²) in [4.78, 5) is 25.0. The van der Waals surface area contributed by atoms with Crippen LogP contribution in [0.2, 0.25) is 5.02 Å². The second kappa shape index (κ2) is 10.1. The molecule has 1 heterocycles. The molecule has 0 saturated carbocycles. The van der Waals surface area contributed by atoms with E-state index in [1.807, 2.05) is 41.8 Å². The smallest absolute Gasteiger partial charge is 0.341 e. The number of thiophene rings is 1. The normalized spacial score (nSPS) is 10.8. The van der Waals surface area contributed by atoms with Gasteiger partial charge in [-0.3, -0.25) is 4.79 Å². The van der Waals surface area contributed by atoms with Crippen LogP contribution in [0, 0.1) is 0 Å². The molecule has 3 rings (SSSR count). The molecule has 0 radical (unpaired) electrons. The van der Waals surface area contributed by atoms with Gasteiger partial charge in [-0.1, -0.05) is 35.9 Å². The van der Waals surface area contributed by atoms with E-state index in [1.54, 1.807) is 32.2 Å². The Morgan fingerprint density at radius 2 is 1.80 bits per heavy atom. The van der Waals surface area contributed by atoms with Crippen molar-refractivity contribution >= 4 is 45.9 Å². The summed E-state index contributed by atoms with van der Waals surface area (Å²) in [6.45, 7) is 1.97. The maximum Gasteiger partial charge on any atom is 0.341 e. The zero-order valence-electron chi connectivity index (χ0n) is 16.5. The topological polar surface area (TPSA) is 64.6 Å². The number of hydrogen-bond acceptors (Lipinski definition) is 5. The lowest BCUT2D eigenvalue weighted by Crippen LogP contribution is -2.12. The third kappa shape index (κ3) is 5.28. The first kappa shape index (κ1) is 21.6. The van der Waals surface area contributed by atoms with E-state index in [2.05, 4.69) is 5.32 Å². The van der Waals surface area contributed by atoms with Gasteiger partial charge in [-0.25, -0.2) is 4.79 Å². The van der Waals surface area contributed by atoms with Crippen LogP contribution in [0.3, 0.4) is 0 Å². The van der Waals surface area contributed by atoms with Crippen molar-refractivity contribution in [2.75, 3.05) is 19.0 Å². The second-order valence-corrected chi connectivity index (χ2v) is 7.49. The van der Waals surface area contributed by atoms with Crippen molar-refractivity contribution in [1.82, 2.24) is 0 Å². The molecule has 1 amide bonds. The molecule has 0 bridgehead atoms. The van der Waals surface area contributed by atoms with E-state index in [4.69, 9.17) is 21.1 Å². The molecule has 0 aliphatic heterocycles. The Labute approximate surface area is 183 Å². The Kier molecular flexibility index (Phi) is 7.27. The van der Waals surface area contributed by atoms with E-state index in [0.29, 0.717) is 21.2 Å². The van der Waals surface area contributed by atoms with E-state index in [1.165, 1.54) is 17.4 Å². The molecule has 0 unspecified atom stereocenters. The first-order chi connectivity index (χ1) is 14.5. The van der Waals surface area contributed by atoms with E-state index < -0.39 is 5.97 Å². The van der Waals surface area contributed by atoms with E-state index in [9.17, 15) is 9.59 Å². The fraction of sp³-hybridized carbons (Fsp3) is 0.130. The molecule has 0 aliphatic carbocycles. The second-order valence-electron chi connectivity index (χ2n) is 6.18. The molecule has 30 heavy (non-hydrogen) atoms. The Balaban J connectivity index is 1.83. The maximum absolute atomic E-state index is 12.6. The van der Waals surface area contributed by atoms with Crippen molar-refractivity contribution in [2.45, 2.75) is 6.92 Å². The minimum atomic E-state index is -0.488. The number of carbonyl (C=O) groups is 2. The van der Waals surface area contributed by atoms with Crippen molar-refractivity contribution in [3.63, 3.8) is 0 Å². The summed E-state index contributed by atoms with van der Waals surface area (Å²) in [6, 6.07) is 14.5. The molecule has 0 fully saturated rings. The first-order valence-electron chi connectivity index (χ1n) is 9.19. The molecule has 2 aromatic carbocycles. The van der Waals surface area contributed by atoms with Crippen LogP contribution in [0.5, 0.6) is 5.75 Å². The third-order valence-corrected chi connectivity index (χ3v) is 5.35. The van der Waals surface area contributed by atoms with Gasteiger partial charge in [-0.05, 0) is 48.4 Å². The van der Waals surface area contributed by atoms with Gasteiger partial charge in [-0.2, -0.15) is 0 Å². The van der Waals surface area contributed by atoms with Crippen LogP contribution in [-0.2, 0) is 9.53 Å². The van der Waals surface area contributed by atoms with Gasteiger partial charge in [0.2, 0.25) is 5.91 Å². The number of nitrogens with one attached hydrogen (secondary N) is 1. The Hall–Kier alpha value is -3.09. The SMILES string of the molecule is CCOC(=O)c1c(-c2ccc(Cl)cc2)csc1NC(=O)/C=C/c1ccc(OC)cc1. The number of rotatable bonds is 7. The van der Waals surface area contributed by atoms with Crippen LogP contribution in [-0.4, -0.2) is 25.6 Å². The van der Waals surface area contributed by atoms with E-state index in [0.717, 1.165) is 16.9 Å². The molecule has 1 N–H and O–H groups in total. The summed E-state index contributed by atoms with van der Waals surface area (Å²) < 4.78 is 10.3. The molecular weight excluding hydrogens is 422 g/mol. The molecule has 0 aliphatic rings. The standard InChI is InChI=1S/C23H20ClNO4S/c1-3-29-23(27)21-19(16-7-9-17(24)10-8-16)14-30-22(21)25-20(26)13-6-15-4-11-18(28-2)12-5-15/h4-14H,3H2,1-2H3,(H,25,26)/b13-6+. The third-order valence-electron chi connectivity index (χ3n) is 4.21. The predicted octanol–water partition coefficient (Wildman–Crippen LogP) is 5.91. The van der Waals surface area contributed by atoms with Crippen molar-refractivity contribution < 1.29 is 19.1 Å². The highest BCUT2D eigenvalue weighted by Gasteiger charge is 2.22. The number of esters is 1. The molecule has 0 atom stereocenters. The molecule has 0 spiro atoms. The number of ether oxygens (including phenoxy) is 2. The number of carbonyl (C=O) groups excluding carboxylic acids is 2. The number of hydrogen-bond donors (Lipinski definition) is 1. The van der Waals surface area contributed by atoms with Crippen LogP contribution in [0.1, 0.15) is 22.8 Å². The number of anilines is 1. The van der Waals surface area contributed by atoms with Gasteiger partial charge in [0.1, 0.15) is 16.3 Å². The monoisotopic (exact) mass is 441 g/mol. The summed E-state index contributed by atoms with van der Waals surface area (Å²) in [5, 5.41) is 5.64. The van der Waals surface area contributed by atoms with Crippen LogP contribution >= 0.6 is 22.9 Å². The van der Waals surface area contributed by atoms with Crippen molar-refractivity contribution in [1.29, 1.82) is 0 Å². The fourth-order valence-electron chi connectivity index (χ4n) is 2.74. The van der Waals surface area contributed by atoms with Gasteiger partial charge < -0.3 is 14.8 Å². The molecule has 7 heteroatoms. The van der Waals surface area contributed by atoms with Gasteiger partial charge >= 0.3 is 5.97 Å². The first-order valence-corrected chi connectivity index (χ1v) is 10.4. The minimum Gasteiger partial charge on any atom is -0.497 e. The van der Waals surface area contributed by atoms with Crippen LogP contribution in [0.4, 0.5) is 5.00 Å². The van der Waals surface area contributed by atoms with Gasteiger partial charge in [0.05, 0.1) is 13.7 Å². The van der Waals surface area contributed by atoms with Crippen LogP contribution in [0.25, 0.3) is 17.2 Å². The molecule has 3 aromatic rings. The molecule has 154 valence electrons. The Bertz CT molecular complexity index is 1060. The summed E-state index contributed by atoms with van der Waals surface area (Å²) in [7, 11) is 1.60. The molecule has 1 aromatic heterocycles. The van der Waals surface area contributed by atoms with Gasteiger partial charge in [0, 0.05) is 22.0 Å². The van der Waals surface area contributed by atoms with Crippen molar-refractivity contribution in [3.05, 3.63) is 76.1 Å². The largest absolute Gasteiger partial charge is 0.497 e. The fourth-order valence-corrected chi connectivity index (χ4v) is 3.82.